The van der Waals surface area contributed by atoms with Crippen molar-refractivity contribution in [2.45, 2.75) is 18.4 Å². The lowest BCUT2D eigenvalue weighted by Gasteiger charge is -2.18. The standard InChI is InChI=1S/C6H8O7.HNO3.H2O2/c7-3(8)1-6(13,5(11)12)2-4(9)10;2-1(3)4;1-2/h13H,1-2H2,(H,7,8)(H,9,10)(H,11,12);(H,2,3,4);1-2H. The largest absolute Gasteiger partial charge is 0.481 e. The average Bonchev–Trinajstić information content (AvgIpc) is 2.16. The molecular formula is C6H11NO12. The second-order valence-electron chi connectivity index (χ2n) is 2.72. The Labute approximate surface area is 103 Å². The van der Waals surface area contributed by atoms with Gasteiger partial charge in [0.1, 0.15) is 0 Å². The molecule has 0 aromatic heterocycles. The van der Waals surface area contributed by atoms with E-state index in [1.807, 2.05) is 0 Å². The maximum absolute atomic E-state index is 10.3. The first-order chi connectivity index (χ1) is 8.51. The van der Waals surface area contributed by atoms with Crippen molar-refractivity contribution in [3.63, 3.8) is 0 Å². The van der Waals surface area contributed by atoms with Crippen molar-refractivity contribution in [2.75, 3.05) is 0 Å². The number of nitrogens with zero attached hydrogens (tertiary/aromatic N) is 1. The second-order valence-corrected chi connectivity index (χ2v) is 2.72. The molecule has 0 aromatic carbocycles. The Hall–Kier alpha value is -2.51. The smallest absolute Gasteiger partial charge is 0.336 e. The van der Waals surface area contributed by atoms with Gasteiger partial charge in [-0.3, -0.25) is 20.1 Å². The van der Waals surface area contributed by atoms with Crippen LogP contribution in [0.2, 0.25) is 0 Å². The molecule has 0 rings (SSSR count). The predicted octanol–water partition coefficient (Wildman–Crippen LogP) is -1.58. The van der Waals surface area contributed by atoms with Gasteiger partial charge in [-0.25, -0.2) is 4.79 Å². The van der Waals surface area contributed by atoms with Crippen LogP contribution in [0.3, 0.4) is 0 Å². The number of rotatable bonds is 5. The normalized spacial score (nSPS) is 9.00. The van der Waals surface area contributed by atoms with Crippen molar-refractivity contribution in [3.8, 4) is 0 Å². The summed E-state index contributed by atoms with van der Waals surface area (Å²) in [4.78, 5) is 38.8. The highest BCUT2D eigenvalue weighted by Gasteiger charge is 2.40. The van der Waals surface area contributed by atoms with Crippen LogP contribution >= 0.6 is 0 Å². The van der Waals surface area contributed by atoms with Crippen LogP contribution in [0.4, 0.5) is 0 Å². The summed E-state index contributed by atoms with van der Waals surface area (Å²) < 4.78 is 0. The molecule has 0 aliphatic heterocycles. The van der Waals surface area contributed by atoms with E-state index in [2.05, 4.69) is 0 Å². The topological polar surface area (TPSA) is 236 Å². The highest BCUT2D eigenvalue weighted by atomic mass is 17.0. The lowest BCUT2D eigenvalue weighted by Crippen LogP contribution is -2.42. The Kier molecular flexibility index (Phi) is 12.2. The van der Waals surface area contributed by atoms with E-state index in [1.54, 1.807) is 0 Å². The molecule has 0 amide bonds. The second kappa shape index (κ2) is 10.6. The van der Waals surface area contributed by atoms with Gasteiger partial charge < -0.3 is 25.6 Å². The molecule has 0 fully saturated rings. The summed E-state index contributed by atoms with van der Waals surface area (Å²) >= 11 is 0. The molecular weight excluding hydrogens is 278 g/mol. The van der Waals surface area contributed by atoms with E-state index in [4.69, 9.17) is 46.3 Å². The number of carboxylic acid groups (broad SMARTS) is 3. The molecule has 0 saturated carbocycles. The van der Waals surface area contributed by atoms with E-state index in [-0.39, 0.29) is 0 Å². The van der Waals surface area contributed by atoms with E-state index in [0.717, 1.165) is 0 Å². The third kappa shape index (κ3) is 15.5. The third-order valence-electron chi connectivity index (χ3n) is 1.29. The summed E-state index contributed by atoms with van der Waals surface area (Å²) in [6, 6.07) is 0. The zero-order valence-electron chi connectivity index (χ0n) is 9.03. The Morgan fingerprint density at radius 3 is 1.32 bits per heavy atom. The molecule has 19 heavy (non-hydrogen) atoms. The number of aliphatic carboxylic acids is 3. The number of hydrogen-bond donors (Lipinski definition) is 7. The molecule has 0 unspecified atom stereocenters. The zero-order chi connectivity index (χ0) is 16.2. The van der Waals surface area contributed by atoms with Gasteiger partial charge in [-0.2, -0.15) is 0 Å². The predicted molar refractivity (Wildman–Crippen MR) is 51.1 cm³/mol. The summed E-state index contributed by atoms with van der Waals surface area (Å²) in [5, 5.41) is 59.4. The summed E-state index contributed by atoms with van der Waals surface area (Å²) in [7, 11) is 0. The van der Waals surface area contributed by atoms with Crippen LogP contribution < -0.4 is 0 Å². The molecule has 0 spiro atoms. The summed E-state index contributed by atoms with van der Waals surface area (Å²) in [6.07, 6.45) is -2.29. The first-order valence-electron chi connectivity index (χ1n) is 3.94. The van der Waals surface area contributed by atoms with Gasteiger partial charge in [0.25, 0.3) is 5.09 Å². The van der Waals surface area contributed by atoms with Crippen molar-refractivity contribution in [1.82, 2.24) is 0 Å². The van der Waals surface area contributed by atoms with Crippen LogP contribution in [0.15, 0.2) is 0 Å². The molecule has 0 atom stereocenters. The van der Waals surface area contributed by atoms with Crippen molar-refractivity contribution >= 4 is 17.9 Å². The van der Waals surface area contributed by atoms with Gasteiger partial charge in [-0.15, -0.1) is 10.1 Å². The van der Waals surface area contributed by atoms with Crippen molar-refractivity contribution in [3.05, 3.63) is 10.1 Å². The molecule has 13 heteroatoms. The molecule has 7 N–H and O–H groups in total. The molecule has 0 aliphatic carbocycles. The van der Waals surface area contributed by atoms with Crippen LogP contribution in [0.5, 0.6) is 0 Å². The number of aliphatic hydroxyl groups is 1. The quantitative estimate of drug-likeness (QED) is 0.172. The van der Waals surface area contributed by atoms with Gasteiger partial charge in [0.05, 0.1) is 12.8 Å². The van der Waals surface area contributed by atoms with E-state index in [9.17, 15) is 14.4 Å². The lowest BCUT2D eigenvalue weighted by molar-refractivity contribution is -0.742. The first-order valence-corrected chi connectivity index (χ1v) is 3.94. The van der Waals surface area contributed by atoms with E-state index in [0.29, 0.717) is 0 Å². The van der Waals surface area contributed by atoms with Gasteiger partial charge in [-0.05, 0) is 0 Å². The van der Waals surface area contributed by atoms with E-state index >= 15 is 0 Å². The SMILES string of the molecule is O=C(O)CC(O)(CC(=O)O)C(=O)O.O=[N+]([O-])O.OO. The van der Waals surface area contributed by atoms with Crippen LogP contribution in [0.1, 0.15) is 12.8 Å². The number of hydrogen-bond acceptors (Lipinski definition) is 8. The fourth-order valence-corrected chi connectivity index (χ4v) is 0.714. The molecule has 0 aliphatic rings. The summed E-state index contributed by atoms with van der Waals surface area (Å²) in [5.74, 6) is -5.02. The van der Waals surface area contributed by atoms with Gasteiger partial charge in [-0.1, -0.05) is 0 Å². The van der Waals surface area contributed by atoms with Crippen molar-refractivity contribution in [2.24, 2.45) is 0 Å². The molecule has 13 nitrogen and oxygen atoms in total. The molecule has 112 valence electrons. The maximum Gasteiger partial charge on any atom is 0.336 e. The Morgan fingerprint density at radius 1 is 1.00 bits per heavy atom. The minimum atomic E-state index is -2.74. The average molecular weight is 289 g/mol. The number of carboxylic acids is 3. The highest BCUT2D eigenvalue weighted by Crippen LogP contribution is 2.15. The fraction of sp³-hybridized carbons (Fsp3) is 0.500. The number of carbonyl (C=O) groups is 3. The molecule has 0 bridgehead atoms. The van der Waals surface area contributed by atoms with Gasteiger partial charge >= 0.3 is 17.9 Å². The lowest BCUT2D eigenvalue weighted by atomic mass is 9.96. The molecule has 0 saturated heterocycles. The first kappa shape index (κ1) is 21.7. The highest BCUT2D eigenvalue weighted by molar-refractivity contribution is 5.88. The van der Waals surface area contributed by atoms with E-state index < -0.39 is 41.4 Å². The third-order valence-corrected chi connectivity index (χ3v) is 1.29. The fourth-order valence-electron chi connectivity index (χ4n) is 0.714. The van der Waals surface area contributed by atoms with Crippen molar-refractivity contribution < 1.29 is 55.6 Å². The Morgan fingerprint density at radius 2 is 1.21 bits per heavy atom. The Balaban J connectivity index is -0.000000361. The monoisotopic (exact) mass is 289 g/mol. The minimum Gasteiger partial charge on any atom is -0.481 e. The Bertz CT molecular complexity index is 304. The maximum atomic E-state index is 10.3. The molecule has 0 radical (unpaired) electrons. The minimum absolute atomic E-state index is 1.14. The molecule has 0 aromatic rings. The van der Waals surface area contributed by atoms with Crippen LogP contribution in [-0.2, 0) is 14.4 Å². The van der Waals surface area contributed by atoms with Gasteiger partial charge in [0.15, 0.2) is 5.60 Å². The van der Waals surface area contributed by atoms with Crippen molar-refractivity contribution in [1.29, 1.82) is 0 Å². The van der Waals surface area contributed by atoms with Crippen LogP contribution in [-0.4, -0.2) is 64.7 Å². The molecule has 0 heterocycles. The van der Waals surface area contributed by atoms with Gasteiger partial charge in [0.2, 0.25) is 0 Å². The van der Waals surface area contributed by atoms with Gasteiger partial charge in [0, 0.05) is 0 Å². The van der Waals surface area contributed by atoms with E-state index in [1.165, 1.54) is 0 Å². The van der Waals surface area contributed by atoms with Crippen LogP contribution in [0, 0.1) is 10.1 Å². The summed E-state index contributed by atoms with van der Waals surface area (Å²) in [6.45, 7) is 0. The van der Waals surface area contributed by atoms with Crippen LogP contribution in [0.25, 0.3) is 0 Å². The summed E-state index contributed by atoms with van der Waals surface area (Å²) in [5.41, 5.74) is -2.74. The zero-order valence-corrected chi connectivity index (χ0v) is 9.03.